The highest BCUT2D eigenvalue weighted by Gasteiger charge is 2.07. The summed E-state index contributed by atoms with van der Waals surface area (Å²) in [6.45, 7) is 2.41. The fourth-order valence-electron chi connectivity index (χ4n) is 2.42. The van der Waals surface area contributed by atoms with Crippen LogP contribution in [0.3, 0.4) is 0 Å². The molecule has 1 aromatic heterocycles. The molecule has 0 aliphatic rings. The lowest BCUT2D eigenvalue weighted by atomic mass is 10.1. The maximum atomic E-state index is 12.2. The molecule has 0 saturated carbocycles. The van der Waals surface area contributed by atoms with Crippen LogP contribution in [-0.4, -0.2) is 16.9 Å². The van der Waals surface area contributed by atoms with Gasteiger partial charge in [-0.05, 0) is 36.8 Å². The predicted octanol–water partition coefficient (Wildman–Crippen LogP) is 3.54. The molecule has 0 spiro atoms. The lowest BCUT2D eigenvalue weighted by molar-refractivity contribution is 0.0951. The quantitative estimate of drug-likeness (QED) is 0.644. The van der Waals surface area contributed by atoms with Gasteiger partial charge in [0.05, 0.1) is 10.7 Å². The Labute approximate surface area is 155 Å². The third-order valence-electron chi connectivity index (χ3n) is 3.74. The largest absolute Gasteiger partial charge is 0.351 e. The molecule has 2 aromatic carbocycles. The number of benzene rings is 2. The molecule has 3 rings (SSSR count). The third-order valence-corrected chi connectivity index (χ3v) is 4.51. The van der Waals surface area contributed by atoms with Crippen molar-refractivity contribution in [1.82, 2.24) is 10.3 Å². The number of anilines is 1. The number of aromatic nitrogens is 1. The van der Waals surface area contributed by atoms with Crippen molar-refractivity contribution in [2.24, 2.45) is 5.73 Å². The number of rotatable bonds is 5. The van der Waals surface area contributed by atoms with E-state index < -0.39 is 6.03 Å². The van der Waals surface area contributed by atoms with E-state index in [1.165, 1.54) is 0 Å². The van der Waals surface area contributed by atoms with Crippen LogP contribution in [0.15, 0.2) is 53.9 Å². The number of primary amides is 1. The predicted molar refractivity (Wildman–Crippen MR) is 103 cm³/mol. The Balaban J connectivity index is 1.58. The number of urea groups is 1. The monoisotopic (exact) mass is 366 g/mol. The summed E-state index contributed by atoms with van der Waals surface area (Å²) in [5.41, 5.74) is 9.13. The van der Waals surface area contributed by atoms with Gasteiger partial charge in [-0.2, -0.15) is 0 Å². The number of carbonyl (C=O) groups is 2. The number of nitrogens with one attached hydrogen (secondary N) is 2. The van der Waals surface area contributed by atoms with Crippen LogP contribution in [0.5, 0.6) is 0 Å². The highest BCUT2D eigenvalue weighted by atomic mass is 32.1. The summed E-state index contributed by atoms with van der Waals surface area (Å²) in [5, 5.41) is 8.39. The number of hydrogen-bond donors (Lipinski definition) is 3. The van der Waals surface area contributed by atoms with E-state index in [-0.39, 0.29) is 5.91 Å². The van der Waals surface area contributed by atoms with Crippen LogP contribution in [-0.2, 0) is 6.54 Å². The number of nitrogens with two attached hydrogens (primary N) is 1. The molecule has 0 aliphatic carbocycles. The highest BCUT2D eigenvalue weighted by Crippen LogP contribution is 2.21. The van der Waals surface area contributed by atoms with Gasteiger partial charge in [0.25, 0.3) is 5.91 Å². The van der Waals surface area contributed by atoms with Gasteiger partial charge in [0, 0.05) is 28.7 Å². The van der Waals surface area contributed by atoms with E-state index in [1.54, 1.807) is 35.6 Å². The molecule has 4 N–H and O–H groups in total. The van der Waals surface area contributed by atoms with Gasteiger partial charge in [-0.1, -0.05) is 24.3 Å². The van der Waals surface area contributed by atoms with E-state index in [2.05, 4.69) is 15.6 Å². The number of carbonyl (C=O) groups excluding carboxylic acids is 2. The van der Waals surface area contributed by atoms with Crippen LogP contribution < -0.4 is 16.4 Å². The maximum absolute atomic E-state index is 12.2. The summed E-state index contributed by atoms with van der Waals surface area (Å²) in [4.78, 5) is 27.5. The molecule has 0 saturated heterocycles. The van der Waals surface area contributed by atoms with Gasteiger partial charge in [-0.3, -0.25) is 4.79 Å². The number of nitrogens with zero attached hydrogens (tertiary/aromatic N) is 1. The van der Waals surface area contributed by atoms with E-state index in [0.29, 0.717) is 17.8 Å². The molecular formula is C19H18N4O2S. The smallest absolute Gasteiger partial charge is 0.316 e. The first-order valence-corrected chi connectivity index (χ1v) is 8.85. The second-order valence-electron chi connectivity index (χ2n) is 5.70. The van der Waals surface area contributed by atoms with Crippen molar-refractivity contribution in [3.8, 4) is 11.3 Å². The summed E-state index contributed by atoms with van der Waals surface area (Å²) < 4.78 is 0. The molecule has 0 aliphatic heterocycles. The van der Waals surface area contributed by atoms with Gasteiger partial charge in [0.2, 0.25) is 0 Å². The topological polar surface area (TPSA) is 97.1 Å². The molecule has 6 nitrogen and oxygen atoms in total. The van der Waals surface area contributed by atoms with E-state index >= 15 is 0 Å². The van der Waals surface area contributed by atoms with Crippen LogP contribution in [0, 0.1) is 6.92 Å². The van der Waals surface area contributed by atoms with Crippen molar-refractivity contribution in [3.63, 3.8) is 0 Å². The molecule has 26 heavy (non-hydrogen) atoms. The minimum Gasteiger partial charge on any atom is -0.351 e. The molecule has 0 bridgehead atoms. The molecule has 7 heteroatoms. The van der Waals surface area contributed by atoms with Crippen LogP contribution in [0.25, 0.3) is 11.3 Å². The Hall–Kier alpha value is -3.19. The van der Waals surface area contributed by atoms with Gasteiger partial charge in [-0.15, -0.1) is 11.3 Å². The molecule has 0 unspecified atom stereocenters. The molecule has 1 heterocycles. The number of thiazole rings is 1. The van der Waals surface area contributed by atoms with Crippen molar-refractivity contribution in [1.29, 1.82) is 0 Å². The fraction of sp³-hybridized carbons (Fsp3) is 0.105. The average Bonchev–Trinajstić information content (AvgIpc) is 3.07. The molecule has 3 amide bonds. The van der Waals surface area contributed by atoms with E-state index in [0.717, 1.165) is 21.8 Å². The number of hydrogen-bond acceptors (Lipinski definition) is 4. The minimum absolute atomic E-state index is 0.185. The Morgan fingerprint density at radius 1 is 1.08 bits per heavy atom. The Morgan fingerprint density at radius 3 is 2.35 bits per heavy atom. The minimum atomic E-state index is -0.640. The van der Waals surface area contributed by atoms with E-state index in [1.807, 2.05) is 36.6 Å². The number of aryl methyl sites for hydroxylation is 1. The van der Waals surface area contributed by atoms with E-state index in [4.69, 9.17) is 5.73 Å². The van der Waals surface area contributed by atoms with Gasteiger partial charge in [0.15, 0.2) is 0 Å². The first kappa shape index (κ1) is 17.6. The fourth-order valence-corrected chi connectivity index (χ4v) is 3.04. The molecule has 132 valence electrons. The summed E-state index contributed by atoms with van der Waals surface area (Å²) in [6, 6.07) is 13.8. The van der Waals surface area contributed by atoms with Crippen LogP contribution in [0.2, 0.25) is 0 Å². The van der Waals surface area contributed by atoms with Crippen molar-refractivity contribution in [3.05, 3.63) is 70.0 Å². The van der Waals surface area contributed by atoms with Gasteiger partial charge < -0.3 is 16.4 Å². The lowest BCUT2D eigenvalue weighted by Gasteiger charge is -2.07. The van der Waals surface area contributed by atoms with Crippen molar-refractivity contribution >= 4 is 29.0 Å². The van der Waals surface area contributed by atoms with Gasteiger partial charge in [-0.25, -0.2) is 9.78 Å². The Morgan fingerprint density at radius 2 is 1.77 bits per heavy atom. The molecule has 3 aromatic rings. The van der Waals surface area contributed by atoms with Gasteiger partial charge in [0.1, 0.15) is 0 Å². The zero-order chi connectivity index (χ0) is 18.5. The van der Waals surface area contributed by atoms with Crippen LogP contribution >= 0.6 is 11.3 Å². The third kappa shape index (κ3) is 4.46. The van der Waals surface area contributed by atoms with Crippen molar-refractivity contribution in [2.75, 3.05) is 5.32 Å². The summed E-state index contributed by atoms with van der Waals surface area (Å²) >= 11 is 1.62. The lowest BCUT2D eigenvalue weighted by Crippen LogP contribution is -2.23. The second-order valence-corrected chi connectivity index (χ2v) is 6.76. The first-order valence-electron chi connectivity index (χ1n) is 7.97. The van der Waals surface area contributed by atoms with Crippen LogP contribution in [0.1, 0.15) is 20.9 Å². The summed E-state index contributed by atoms with van der Waals surface area (Å²) in [6.07, 6.45) is 0. The molecule has 0 fully saturated rings. The van der Waals surface area contributed by atoms with Crippen molar-refractivity contribution in [2.45, 2.75) is 13.5 Å². The highest BCUT2D eigenvalue weighted by molar-refractivity contribution is 7.09. The normalized spacial score (nSPS) is 10.3. The maximum Gasteiger partial charge on any atom is 0.316 e. The second kappa shape index (κ2) is 7.79. The Kier molecular flexibility index (Phi) is 5.28. The first-order chi connectivity index (χ1) is 12.5. The molecule has 0 atom stereocenters. The standard InChI is InChI=1S/C19H18N4O2S/c1-12-22-17(11-26-12)14-4-2-13(3-5-14)10-21-18(24)15-6-8-16(9-7-15)23-19(20)25/h2-9,11H,10H2,1H3,(H,21,24)(H3,20,23,25). The van der Waals surface area contributed by atoms with Crippen LogP contribution in [0.4, 0.5) is 10.5 Å². The van der Waals surface area contributed by atoms with Crippen molar-refractivity contribution < 1.29 is 9.59 Å². The zero-order valence-corrected chi connectivity index (χ0v) is 15.0. The Bertz CT molecular complexity index is 917. The van der Waals surface area contributed by atoms with E-state index in [9.17, 15) is 9.59 Å². The summed E-state index contributed by atoms with van der Waals surface area (Å²) in [7, 11) is 0. The zero-order valence-electron chi connectivity index (χ0n) is 14.2. The summed E-state index contributed by atoms with van der Waals surface area (Å²) in [5.74, 6) is -0.185. The van der Waals surface area contributed by atoms with Gasteiger partial charge >= 0.3 is 6.03 Å². The average molecular weight is 366 g/mol. The molecular weight excluding hydrogens is 348 g/mol. The SMILES string of the molecule is Cc1nc(-c2ccc(CNC(=O)c3ccc(NC(N)=O)cc3)cc2)cs1. The molecule has 0 radical (unpaired) electrons. The number of amides is 3.